The van der Waals surface area contributed by atoms with Crippen molar-refractivity contribution in [2.24, 2.45) is 0 Å². The average molecular weight is 261 g/mol. The van der Waals surface area contributed by atoms with Crippen molar-refractivity contribution >= 4 is 50.0 Å². The minimum Gasteiger partial charge on any atom is -0.508 e. The number of benzene rings is 1. The van der Waals surface area contributed by atoms with Gasteiger partial charge in [-0.15, -0.1) is 24.0 Å². The quantitative estimate of drug-likeness (QED) is 0.693. The van der Waals surface area contributed by atoms with Crippen LogP contribution in [0.2, 0.25) is 0 Å². The Hall–Kier alpha value is -0.190. The van der Waals surface area contributed by atoms with Crippen LogP contribution >= 0.6 is 39.9 Å². The molecule has 1 heterocycles. The van der Waals surface area contributed by atoms with Crippen LogP contribution in [0.5, 0.6) is 5.75 Å². The second-order valence-corrected chi connectivity index (χ2v) is 5.00. The number of phenols is 1. The maximum atomic E-state index is 9.20. The van der Waals surface area contributed by atoms with Gasteiger partial charge in [-0.1, -0.05) is 0 Å². The van der Waals surface area contributed by atoms with Crippen LogP contribution in [0.15, 0.2) is 26.9 Å². The van der Waals surface area contributed by atoms with Crippen LogP contribution in [0.25, 0.3) is 10.1 Å². The predicted molar refractivity (Wildman–Crippen MR) is 58.4 cm³/mol. The molecular formula is C8H5BrOS2. The lowest BCUT2D eigenvalue weighted by molar-refractivity contribution is 0.476. The van der Waals surface area contributed by atoms with Crippen molar-refractivity contribution in [3.63, 3.8) is 0 Å². The number of phenolic OH excluding ortho intramolecular Hbond substituents is 1. The van der Waals surface area contributed by atoms with Crippen LogP contribution in [0.4, 0.5) is 0 Å². The number of rotatable bonds is 0. The SMILES string of the molecule is Oc1ccc2c(Br)c(S)sc2c1. The van der Waals surface area contributed by atoms with E-state index in [0.29, 0.717) is 5.75 Å². The smallest absolute Gasteiger partial charge is 0.117 e. The Kier molecular flexibility index (Phi) is 2.06. The van der Waals surface area contributed by atoms with E-state index in [-0.39, 0.29) is 0 Å². The summed E-state index contributed by atoms with van der Waals surface area (Å²) in [5, 5.41) is 10.3. The molecule has 1 aromatic heterocycles. The van der Waals surface area contributed by atoms with Gasteiger partial charge in [-0.05, 0) is 34.1 Å². The van der Waals surface area contributed by atoms with Gasteiger partial charge in [0, 0.05) is 14.6 Å². The van der Waals surface area contributed by atoms with Gasteiger partial charge in [-0.25, -0.2) is 0 Å². The summed E-state index contributed by atoms with van der Waals surface area (Å²) in [7, 11) is 0. The molecule has 2 aromatic rings. The summed E-state index contributed by atoms with van der Waals surface area (Å²) in [6.07, 6.45) is 0. The van der Waals surface area contributed by atoms with Gasteiger partial charge in [0.05, 0.1) is 4.21 Å². The van der Waals surface area contributed by atoms with Crippen molar-refractivity contribution in [2.75, 3.05) is 0 Å². The topological polar surface area (TPSA) is 20.2 Å². The molecule has 0 saturated heterocycles. The summed E-state index contributed by atoms with van der Waals surface area (Å²) in [5.41, 5.74) is 0. The molecule has 0 aliphatic heterocycles. The van der Waals surface area contributed by atoms with Gasteiger partial charge in [0.15, 0.2) is 0 Å². The zero-order valence-corrected chi connectivity index (χ0v) is 9.21. The number of thiol groups is 1. The maximum absolute atomic E-state index is 9.20. The lowest BCUT2D eigenvalue weighted by Gasteiger charge is -1.91. The fourth-order valence-corrected chi connectivity index (χ4v) is 3.04. The first-order chi connectivity index (χ1) is 5.68. The van der Waals surface area contributed by atoms with Crippen LogP contribution < -0.4 is 0 Å². The van der Waals surface area contributed by atoms with Gasteiger partial charge in [0.1, 0.15) is 5.75 Å². The third-order valence-electron chi connectivity index (χ3n) is 1.60. The van der Waals surface area contributed by atoms with Gasteiger partial charge >= 0.3 is 0 Å². The van der Waals surface area contributed by atoms with E-state index in [4.69, 9.17) is 0 Å². The van der Waals surface area contributed by atoms with Gasteiger partial charge in [-0.3, -0.25) is 0 Å². The molecule has 0 radical (unpaired) electrons. The standard InChI is InChI=1S/C8H5BrOS2/c9-7-5-2-1-4(10)3-6(5)12-8(7)11/h1-3,10-11H. The molecule has 0 aliphatic rings. The second-order valence-electron chi connectivity index (χ2n) is 2.40. The molecule has 2 rings (SSSR count). The summed E-state index contributed by atoms with van der Waals surface area (Å²) < 4.78 is 2.99. The Morgan fingerprint density at radius 3 is 2.92 bits per heavy atom. The zero-order valence-electron chi connectivity index (χ0n) is 5.91. The summed E-state index contributed by atoms with van der Waals surface area (Å²) in [5.74, 6) is 0.296. The molecule has 0 amide bonds. The average Bonchev–Trinajstić information content (AvgIpc) is 2.28. The Labute approximate surface area is 87.6 Å². The number of hydrogen-bond donors (Lipinski definition) is 2. The van der Waals surface area contributed by atoms with E-state index >= 15 is 0 Å². The summed E-state index contributed by atoms with van der Waals surface area (Å²) >= 11 is 9.26. The Morgan fingerprint density at radius 2 is 2.17 bits per heavy atom. The van der Waals surface area contributed by atoms with E-state index in [1.165, 1.54) is 0 Å². The molecule has 0 spiro atoms. The predicted octanol–water partition coefficient (Wildman–Crippen LogP) is 3.66. The first kappa shape index (κ1) is 8.41. The highest BCUT2D eigenvalue weighted by Gasteiger charge is 2.06. The molecule has 0 saturated carbocycles. The van der Waals surface area contributed by atoms with Crippen LogP contribution in [0.1, 0.15) is 0 Å². The van der Waals surface area contributed by atoms with Crippen LogP contribution in [-0.2, 0) is 0 Å². The normalized spacial score (nSPS) is 10.8. The van der Waals surface area contributed by atoms with E-state index < -0.39 is 0 Å². The maximum Gasteiger partial charge on any atom is 0.117 e. The van der Waals surface area contributed by atoms with E-state index in [9.17, 15) is 5.11 Å². The molecule has 0 bridgehead atoms. The van der Waals surface area contributed by atoms with Crippen LogP contribution in [0.3, 0.4) is 0 Å². The summed E-state index contributed by atoms with van der Waals surface area (Å²) in [6.45, 7) is 0. The molecule has 0 atom stereocenters. The lowest BCUT2D eigenvalue weighted by Crippen LogP contribution is -1.64. The highest BCUT2D eigenvalue weighted by atomic mass is 79.9. The lowest BCUT2D eigenvalue weighted by atomic mass is 10.2. The summed E-state index contributed by atoms with van der Waals surface area (Å²) in [4.78, 5) is 0. The Balaban J connectivity index is 2.87. The number of aromatic hydroxyl groups is 1. The Morgan fingerprint density at radius 1 is 1.42 bits per heavy atom. The van der Waals surface area contributed by atoms with Crippen LogP contribution in [-0.4, -0.2) is 5.11 Å². The van der Waals surface area contributed by atoms with Crippen molar-refractivity contribution in [2.45, 2.75) is 4.21 Å². The van der Waals surface area contributed by atoms with Crippen molar-refractivity contribution in [3.05, 3.63) is 22.7 Å². The molecule has 4 heteroatoms. The molecule has 1 nitrogen and oxygen atoms in total. The highest BCUT2D eigenvalue weighted by Crippen LogP contribution is 2.38. The number of thiophene rings is 1. The first-order valence-corrected chi connectivity index (χ1v) is 5.34. The van der Waals surface area contributed by atoms with Crippen molar-refractivity contribution < 1.29 is 5.11 Å². The molecule has 0 aliphatic carbocycles. The minimum absolute atomic E-state index is 0.296. The monoisotopic (exact) mass is 260 g/mol. The largest absolute Gasteiger partial charge is 0.508 e. The summed E-state index contributed by atoms with van der Waals surface area (Å²) in [6, 6.07) is 5.29. The van der Waals surface area contributed by atoms with Gasteiger partial charge < -0.3 is 5.11 Å². The highest BCUT2D eigenvalue weighted by molar-refractivity contribution is 9.10. The molecule has 62 valence electrons. The fraction of sp³-hybridized carbons (Fsp3) is 0. The van der Waals surface area contributed by atoms with E-state index in [1.54, 1.807) is 23.5 Å². The van der Waals surface area contributed by atoms with Gasteiger partial charge in [-0.2, -0.15) is 0 Å². The number of hydrogen-bond acceptors (Lipinski definition) is 3. The molecular weight excluding hydrogens is 256 g/mol. The Bertz CT molecular complexity index is 436. The zero-order chi connectivity index (χ0) is 8.72. The van der Waals surface area contributed by atoms with Crippen LogP contribution in [0, 0.1) is 0 Å². The van der Waals surface area contributed by atoms with Gasteiger partial charge in [0.25, 0.3) is 0 Å². The van der Waals surface area contributed by atoms with E-state index in [1.807, 2.05) is 6.07 Å². The molecule has 0 fully saturated rings. The van der Waals surface area contributed by atoms with Crippen molar-refractivity contribution in [1.82, 2.24) is 0 Å². The minimum atomic E-state index is 0.296. The molecule has 1 N–H and O–H groups in total. The van der Waals surface area contributed by atoms with Crippen molar-refractivity contribution in [1.29, 1.82) is 0 Å². The number of fused-ring (bicyclic) bond motifs is 1. The van der Waals surface area contributed by atoms with Gasteiger partial charge in [0.2, 0.25) is 0 Å². The third-order valence-corrected chi connectivity index (χ3v) is 4.44. The van der Waals surface area contributed by atoms with E-state index in [0.717, 1.165) is 18.8 Å². The fourth-order valence-electron chi connectivity index (χ4n) is 1.04. The number of halogens is 1. The van der Waals surface area contributed by atoms with Crippen molar-refractivity contribution in [3.8, 4) is 5.75 Å². The first-order valence-electron chi connectivity index (χ1n) is 3.28. The molecule has 1 aromatic carbocycles. The molecule has 12 heavy (non-hydrogen) atoms. The molecule has 0 unspecified atom stereocenters. The third kappa shape index (κ3) is 1.24. The van der Waals surface area contributed by atoms with E-state index in [2.05, 4.69) is 28.6 Å². The second kappa shape index (κ2) is 2.94.